The molecular weight excluding hydrogens is 396 g/mol. The predicted octanol–water partition coefficient (Wildman–Crippen LogP) is 3.46. The highest BCUT2D eigenvalue weighted by Crippen LogP contribution is 2.31. The maximum Gasteiger partial charge on any atom is 0.337 e. The second-order valence-electron chi connectivity index (χ2n) is 3.87. The highest BCUT2D eigenvalue weighted by molar-refractivity contribution is 9.11. The average molecular weight is 404 g/mol. The van der Waals surface area contributed by atoms with Gasteiger partial charge in [-0.3, -0.25) is 4.79 Å². The van der Waals surface area contributed by atoms with Gasteiger partial charge in [0.1, 0.15) is 11.3 Å². The number of nitrogens with zero attached hydrogens (tertiary/aromatic N) is 1. The lowest BCUT2D eigenvalue weighted by molar-refractivity contribution is 0.0698. The number of amides is 1. The standard InChI is InChI=1S/C12H8Br2N2O4/c1-5-8(4-15-20-5)11(17)16-10-7(12(18)19)2-6(13)3-9(10)14/h2-4H,1H3,(H,16,17)(H,18,19). The van der Waals surface area contributed by atoms with Gasteiger partial charge in [0.15, 0.2) is 0 Å². The molecule has 1 heterocycles. The second-order valence-corrected chi connectivity index (χ2v) is 5.64. The first-order valence-corrected chi connectivity index (χ1v) is 6.93. The van der Waals surface area contributed by atoms with Crippen LogP contribution in [-0.4, -0.2) is 22.1 Å². The van der Waals surface area contributed by atoms with E-state index in [1.165, 1.54) is 12.3 Å². The molecule has 104 valence electrons. The molecule has 20 heavy (non-hydrogen) atoms. The summed E-state index contributed by atoms with van der Waals surface area (Å²) >= 11 is 6.43. The van der Waals surface area contributed by atoms with Gasteiger partial charge in [-0.2, -0.15) is 0 Å². The van der Waals surface area contributed by atoms with Crippen LogP contribution in [0.25, 0.3) is 0 Å². The van der Waals surface area contributed by atoms with Crippen LogP contribution in [0.5, 0.6) is 0 Å². The highest BCUT2D eigenvalue weighted by Gasteiger charge is 2.19. The van der Waals surface area contributed by atoms with Crippen LogP contribution in [0.4, 0.5) is 5.69 Å². The normalized spacial score (nSPS) is 10.3. The number of carbonyl (C=O) groups is 2. The van der Waals surface area contributed by atoms with E-state index in [1.54, 1.807) is 13.0 Å². The quantitative estimate of drug-likeness (QED) is 0.818. The van der Waals surface area contributed by atoms with Crippen molar-refractivity contribution in [1.82, 2.24) is 5.16 Å². The molecule has 0 aliphatic rings. The van der Waals surface area contributed by atoms with Crippen LogP contribution in [0.2, 0.25) is 0 Å². The summed E-state index contributed by atoms with van der Waals surface area (Å²) in [5.41, 5.74) is 0.385. The number of rotatable bonds is 3. The Morgan fingerprint density at radius 3 is 2.55 bits per heavy atom. The molecule has 0 unspecified atom stereocenters. The molecule has 0 aliphatic carbocycles. The van der Waals surface area contributed by atoms with Crippen molar-refractivity contribution in [3.8, 4) is 0 Å². The number of aromatic carboxylic acids is 1. The molecule has 1 aromatic heterocycles. The number of anilines is 1. The van der Waals surface area contributed by atoms with Crippen molar-refractivity contribution in [3.63, 3.8) is 0 Å². The Bertz CT molecular complexity index is 697. The Morgan fingerprint density at radius 1 is 1.30 bits per heavy atom. The Hall–Kier alpha value is -1.67. The van der Waals surface area contributed by atoms with Crippen molar-refractivity contribution in [2.75, 3.05) is 5.32 Å². The molecule has 8 heteroatoms. The molecule has 1 aromatic carbocycles. The zero-order valence-electron chi connectivity index (χ0n) is 10.1. The smallest absolute Gasteiger partial charge is 0.337 e. The van der Waals surface area contributed by atoms with Gasteiger partial charge in [-0.05, 0) is 35.0 Å². The average Bonchev–Trinajstić information content (AvgIpc) is 2.78. The third-order valence-corrected chi connectivity index (χ3v) is 3.60. The molecule has 2 rings (SSSR count). The third-order valence-electron chi connectivity index (χ3n) is 2.52. The zero-order valence-corrected chi connectivity index (χ0v) is 13.3. The number of carbonyl (C=O) groups excluding carboxylic acids is 1. The molecule has 0 spiro atoms. The molecule has 2 N–H and O–H groups in total. The van der Waals surface area contributed by atoms with E-state index < -0.39 is 11.9 Å². The van der Waals surface area contributed by atoms with Crippen LogP contribution < -0.4 is 5.32 Å². The van der Waals surface area contributed by atoms with Crippen LogP contribution in [-0.2, 0) is 0 Å². The highest BCUT2D eigenvalue weighted by atomic mass is 79.9. The first kappa shape index (κ1) is 14.7. The lowest BCUT2D eigenvalue weighted by atomic mass is 10.1. The Balaban J connectivity index is 2.41. The molecule has 0 fully saturated rings. The Labute approximate surface area is 130 Å². The fourth-order valence-electron chi connectivity index (χ4n) is 1.57. The van der Waals surface area contributed by atoms with Gasteiger partial charge in [0.05, 0.1) is 17.4 Å². The van der Waals surface area contributed by atoms with Gasteiger partial charge in [-0.25, -0.2) is 4.79 Å². The number of hydrogen-bond acceptors (Lipinski definition) is 4. The van der Waals surface area contributed by atoms with Crippen molar-refractivity contribution >= 4 is 49.4 Å². The maximum absolute atomic E-state index is 12.1. The fraction of sp³-hybridized carbons (Fsp3) is 0.0833. The van der Waals surface area contributed by atoms with E-state index in [0.717, 1.165) is 0 Å². The van der Waals surface area contributed by atoms with Gasteiger partial charge < -0.3 is 14.9 Å². The number of halogens is 2. The number of carboxylic acid groups (broad SMARTS) is 1. The summed E-state index contributed by atoms with van der Waals surface area (Å²) in [5.74, 6) is -1.29. The van der Waals surface area contributed by atoms with Gasteiger partial charge in [0.2, 0.25) is 0 Å². The lowest BCUT2D eigenvalue weighted by Gasteiger charge is -2.10. The van der Waals surface area contributed by atoms with Gasteiger partial charge in [-0.1, -0.05) is 21.1 Å². The van der Waals surface area contributed by atoms with Gasteiger partial charge >= 0.3 is 5.97 Å². The summed E-state index contributed by atoms with van der Waals surface area (Å²) in [4.78, 5) is 23.3. The van der Waals surface area contributed by atoms with E-state index in [1.807, 2.05) is 0 Å². The van der Waals surface area contributed by atoms with E-state index in [-0.39, 0.29) is 16.8 Å². The van der Waals surface area contributed by atoms with E-state index in [2.05, 4.69) is 42.3 Å². The monoisotopic (exact) mass is 402 g/mol. The van der Waals surface area contributed by atoms with Gasteiger partial charge in [0.25, 0.3) is 5.91 Å². The van der Waals surface area contributed by atoms with Crippen molar-refractivity contribution in [2.45, 2.75) is 6.92 Å². The number of aromatic nitrogens is 1. The molecule has 0 saturated heterocycles. The molecule has 0 aliphatic heterocycles. The first-order valence-electron chi connectivity index (χ1n) is 5.35. The summed E-state index contributed by atoms with van der Waals surface area (Å²) in [7, 11) is 0. The minimum Gasteiger partial charge on any atom is -0.478 e. The molecule has 2 aromatic rings. The van der Waals surface area contributed by atoms with Gasteiger partial charge in [0, 0.05) is 8.95 Å². The minimum absolute atomic E-state index is 0.0336. The molecule has 6 nitrogen and oxygen atoms in total. The van der Waals surface area contributed by atoms with E-state index in [9.17, 15) is 14.7 Å². The SMILES string of the molecule is Cc1oncc1C(=O)Nc1c(Br)cc(Br)cc1C(=O)O. The number of aryl methyl sites for hydroxylation is 1. The molecule has 0 radical (unpaired) electrons. The molecule has 1 amide bonds. The third kappa shape index (κ3) is 2.91. The van der Waals surface area contributed by atoms with Crippen LogP contribution in [0.1, 0.15) is 26.5 Å². The number of carboxylic acids is 1. The van der Waals surface area contributed by atoms with Crippen molar-refractivity contribution in [1.29, 1.82) is 0 Å². The van der Waals surface area contributed by atoms with Crippen molar-refractivity contribution in [3.05, 3.63) is 44.2 Å². The summed E-state index contributed by atoms with van der Waals surface area (Å²) in [6.45, 7) is 1.59. The van der Waals surface area contributed by atoms with Crippen molar-refractivity contribution < 1.29 is 19.2 Å². The van der Waals surface area contributed by atoms with Crippen LogP contribution in [0, 0.1) is 6.92 Å². The zero-order chi connectivity index (χ0) is 14.9. The molecule has 0 atom stereocenters. The minimum atomic E-state index is -1.15. The summed E-state index contributed by atoms with van der Waals surface area (Å²) in [6.07, 6.45) is 1.28. The molecular formula is C12H8Br2N2O4. The number of nitrogens with one attached hydrogen (secondary N) is 1. The number of hydrogen-bond donors (Lipinski definition) is 2. The first-order chi connectivity index (χ1) is 9.40. The largest absolute Gasteiger partial charge is 0.478 e. The number of benzene rings is 1. The molecule has 0 saturated carbocycles. The summed E-state index contributed by atoms with van der Waals surface area (Å²) < 4.78 is 5.84. The van der Waals surface area contributed by atoms with Crippen molar-refractivity contribution in [2.24, 2.45) is 0 Å². The topological polar surface area (TPSA) is 92.4 Å². The second kappa shape index (κ2) is 5.76. The van der Waals surface area contributed by atoms with E-state index in [4.69, 9.17) is 4.52 Å². The van der Waals surface area contributed by atoms with Gasteiger partial charge in [-0.15, -0.1) is 0 Å². The van der Waals surface area contributed by atoms with E-state index in [0.29, 0.717) is 14.7 Å². The lowest BCUT2D eigenvalue weighted by Crippen LogP contribution is -2.15. The Kier molecular flexibility index (Phi) is 4.24. The maximum atomic E-state index is 12.1. The van der Waals surface area contributed by atoms with Crippen LogP contribution in [0.15, 0.2) is 31.8 Å². The predicted molar refractivity (Wildman–Crippen MR) is 78.0 cm³/mol. The van der Waals surface area contributed by atoms with Crippen LogP contribution in [0.3, 0.4) is 0 Å². The van der Waals surface area contributed by atoms with Crippen LogP contribution >= 0.6 is 31.9 Å². The molecule has 0 bridgehead atoms. The Morgan fingerprint density at radius 2 is 2.00 bits per heavy atom. The summed E-state index contributed by atoms with van der Waals surface area (Å²) in [6, 6.07) is 3.05. The van der Waals surface area contributed by atoms with E-state index >= 15 is 0 Å². The summed E-state index contributed by atoms with van der Waals surface area (Å²) in [5, 5.41) is 15.2. The fourth-order valence-corrected chi connectivity index (χ4v) is 2.89.